The lowest BCUT2D eigenvalue weighted by molar-refractivity contribution is 1.03. The van der Waals surface area contributed by atoms with E-state index in [0.717, 1.165) is 0 Å². The molecule has 1 heterocycles. The minimum Gasteiger partial charge on any atom is -0.266 e. The van der Waals surface area contributed by atoms with Gasteiger partial charge in [-0.3, -0.25) is 5.10 Å². The minimum absolute atomic E-state index is 0.490. The summed E-state index contributed by atoms with van der Waals surface area (Å²) < 4.78 is 0. The highest BCUT2D eigenvalue weighted by Gasteiger charge is 1.86. The average Bonchev–Trinajstić information content (AvgIpc) is 2.14. The molecule has 0 aromatic carbocycles. The zero-order valence-electron chi connectivity index (χ0n) is 3.59. The van der Waals surface area contributed by atoms with E-state index in [1.165, 1.54) is 6.33 Å². The topological polar surface area (TPSA) is 41.6 Å². The Morgan fingerprint density at radius 1 is 1.86 bits per heavy atom. The Kier molecular flexibility index (Phi) is 1.31. The number of rotatable bonds is 1. The molecule has 7 heavy (non-hydrogen) atoms. The Bertz CT molecular complexity index is 125. The molecular formula is C3H4N3S. The fourth-order valence-electron chi connectivity index (χ4n) is 0.305. The third-order valence-electron chi connectivity index (χ3n) is 0.594. The number of H-pyrrole nitrogens is 1. The van der Waals surface area contributed by atoms with Crippen molar-refractivity contribution in [2.45, 2.75) is 5.75 Å². The second kappa shape index (κ2) is 1.97. The van der Waals surface area contributed by atoms with Crippen molar-refractivity contribution in [2.75, 3.05) is 0 Å². The third kappa shape index (κ3) is 0.928. The normalized spacial score (nSPS) is 9.29. The van der Waals surface area contributed by atoms with E-state index in [0.29, 0.717) is 11.6 Å². The van der Waals surface area contributed by atoms with Crippen molar-refractivity contribution in [2.24, 2.45) is 0 Å². The van der Waals surface area contributed by atoms with E-state index in [-0.39, 0.29) is 0 Å². The first-order valence-corrected chi connectivity index (χ1v) is 2.44. The number of hydrogen-bond donors (Lipinski definition) is 1. The van der Waals surface area contributed by atoms with E-state index in [2.05, 4.69) is 27.8 Å². The summed E-state index contributed by atoms with van der Waals surface area (Å²) in [6.07, 6.45) is 1.52. The monoisotopic (exact) mass is 114 g/mol. The van der Waals surface area contributed by atoms with Gasteiger partial charge in [0, 0.05) is 0 Å². The predicted octanol–water partition coefficient (Wildman–Crippen LogP) is 0.502. The molecule has 1 radical (unpaired) electrons. The zero-order valence-corrected chi connectivity index (χ0v) is 4.40. The van der Waals surface area contributed by atoms with Gasteiger partial charge in [-0.1, -0.05) is 12.6 Å². The molecule has 1 rings (SSSR count). The second-order valence-electron chi connectivity index (χ2n) is 1.06. The molecule has 0 aliphatic heterocycles. The summed E-state index contributed by atoms with van der Waals surface area (Å²) in [5.74, 6) is 1.18. The van der Waals surface area contributed by atoms with Gasteiger partial charge in [0.05, 0.1) is 5.75 Å². The number of nitrogens with one attached hydrogen (secondary N) is 1. The van der Waals surface area contributed by atoms with Crippen LogP contribution in [0.1, 0.15) is 5.82 Å². The predicted molar refractivity (Wildman–Crippen MR) is 27.7 cm³/mol. The maximum absolute atomic E-state index is 4.63. The summed E-state index contributed by atoms with van der Waals surface area (Å²) >= 11 is 4.63. The van der Waals surface area contributed by atoms with E-state index in [9.17, 15) is 0 Å². The van der Waals surface area contributed by atoms with Gasteiger partial charge in [0.15, 0.2) is 5.82 Å². The summed E-state index contributed by atoms with van der Waals surface area (Å²) in [5.41, 5.74) is 0. The van der Waals surface area contributed by atoms with Gasteiger partial charge in [0.2, 0.25) is 0 Å². The van der Waals surface area contributed by atoms with Crippen LogP contribution in [-0.4, -0.2) is 15.2 Å². The van der Waals surface area contributed by atoms with Crippen molar-refractivity contribution >= 4 is 12.6 Å². The maximum Gasteiger partial charge on any atom is 0.161 e. The molecule has 0 amide bonds. The van der Waals surface area contributed by atoms with Gasteiger partial charge in [0.25, 0.3) is 0 Å². The van der Waals surface area contributed by atoms with Crippen LogP contribution in [0.3, 0.4) is 0 Å². The highest BCUT2D eigenvalue weighted by molar-refractivity contribution is 7.79. The molecule has 0 saturated heterocycles. The van der Waals surface area contributed by atoms with E-state index < -0.39 is 0 Å². The van der Waals surface area contributed by atoms with Crippen molar-refractivity contribution in [3.8, 4) is 0 Å². The van der Waals surface area contributed by atoms with Crippen molar-refractivity contribution in [1.29, 1.82) is 0 Å². The molecule has 0 aliphatic rings. The second-order valence-corrected chi connectivity index (χ2v) is 1.35. The van der Waals surface area contributed by atoms with Crippen molar-refractivity contribution in [3.05, 3.63) is 12.2 Å². The van der Waals surface area contributed by atoms with E-state index >= 15 is 0 Å². The quantitative estimate of drug-likeness (QED) is 0.577. The number of aromatic nitrogens is 3. The van der Waals surface area contributed by atoms with E-state index in [1.54, 1.807) is 0 Å². The van der Waals surface area contributed by atoms with Crippen LogP contribution >= 0.6 is 12.6 Å². The Labute approximate surface area is 46.6 Å². The van der Waals surface area contributed by atoms with Crippen LogP contribution in [0.4, 0.5) is 0 Å². The summed E-state index contributed by atoms with van der Waals surface area (Å²) in [6.45, 7) is 0. The summed E-state index contributed by atoms with van der Waals surface area (Å²) in [6, 6.07) is 0. The molecule has 1 aromatic rings. The summed E-state index contributed by atoms with van der Waals surface area (Å²) in [7, 11) is 0. The highest BCUT2D eigenvalue weighted by Crippen LogP contribution is 1.88. The lowest BCUT2D eigenvalue weighted by atomic mass is 10.7. The van der Waals surface area contributed by atoms with Gasteiger partial charge in [-0.2, -0.15) is 5.10 Å². The van der Waals surface area contributed by atoms with Crippen LogP contribution in [0, 0.1) is 0 Å². The smallest absolute Gasteiger partial charge is 0.161 e. The molecule has 0 unspecified atom stereocenters. The molecule has 1 aromatic heterocycles. The van der Waals surface area contributed by atoms with Gasteiger partial charge < -0.3 is 0 Å². The lowest BCUT2D eigenvalue weighted by Crippen LogP contribution is -1.77. The number of nitrogens with zero attached hydrogens (tertiary/aromatic N) is 2. The van der Waals surface area contributed by atoms with Gasteiger partial charge in [-0.05, 0) is 0 Å². The molecule has 0 spiro atoms. The van der Waals surface area contributed by atoms with Gasteiger partial charge >= 0.3 is 0 Å². The highest BCUT2D eigenvalue weighted by atomic mass is 32.1. The first-order chi connectivity index (χ1) is 3.43. The molecule has 4 heteroatoms. The first-order valence-electron chi connectivity index (χ1n) is 1.86. The first kappa shape index (κ1) is 4.64. The van der Waals surface area contributed by atoms with Crippen molar-refractivity contribution in [1.82, 2.24) is 15.2 Å². The number of hydrogen-bond acceptors (Lipinski definition) is 2. The van der Waals surface area contributed by atoms with E-state index in [4.69, 9.17) is 0 Å². The molecule has 0 saturated carbocycles. The Morgan fingerprint density at radius 2 is 2.71 bits per heavy atom. The summed E-state index contributed by atoms with van der Waals surface area (Å²) in [4.78, 5) is 3.76. The fraction of sp³-hybridized carbons (Fsp3) is 0.333. The zero-order chi connectivity index (χ0) is 5.11. The van der Waals surface area contributed by atoms with Crippen LogP contribution in [0.5, 0.6) is 0 Å². The van der Waals surface area contributed by atoms with Crippen LogP contribution in [-0.2, 0) is 5.75 Å². The summed E-state index contributed by atoms with van der Waals surface area (Å²) in [5, 5.41) is 6.25. The SMILES string of the molecule is [S]Cc1nc[nH]n1. The van der Waals surface area contributed by atoms with Crippen molar-refractivity contribution < 1.29 is 0 Å². The fourth-order valence-corrected chi connectivity index (χ4v) is 0.444. The van der Waals surface area contributed by atoms with Crippen LogP contribution in [0.2, 0.25) is 0 Å². The maximum atomic E-state index is 4.63. The largest absolute Gasteiger partial charge is 0.266 e. The van der Waals surface area contributed by atoms with Crippen LogP contribution in [0.25, 0.3) is 0 Å². The van der Waals surface area contributed by atoms with Gasteiger partial charge in [-0.25, -0.2) is 4.98 Å². The molecule has 37 valence electrons. The van der Waals surface area contributed by atoms with Crippen molar-refractivity contribution in [3.63, 3.8) is 0 Å². The average molecular weight is 114 g/mol. The Hall–Kier alpha value is -0.510. The Morgan fingerprint density at radius 3 is 3.00 bits per heavy atom. The van der Waals surface area contributed by atoms with E-state index in [1.807, 2.05) is 0 Å². The minimum atomic E-state index is 0.490. The molecule has 0 bridgehead atoms. The van der Waals surface area contributed by atoms with Gasteiger partial charge in [-0.15, -0.1) is 0 Å². The molecule has 1 N–H and O–H groups in total. The molecule has 0 aliphatic carbocycles. The van der Waals surface area contributed by atoms with Gasteiger partial charge in [0.1, 0.15) is 6.33 Å². The van der Waals surface area contributed by atoms with Crippen LogP contribution in [0.15, 0.2) is 6.33 Å². The molecular weight excluding hydrogens is 110 g/mol. The number of aromatic amines is 1. The third-order valence-corrected chi connectivity index (χ3v) is 0.852. The van der Waals surface area contributed by atoms with Crippen LogP contribution < -0.4 is 0 Å². The molecule has 3 nitrogen and oxygen atoms in total. The standard InChI is InChI=1S/C3H4N3S/c7-1-3-4-2-5-6-3/h2H,1H2,(H,4,5,6). The molecule has 0 atom stereocenters. The lowest BCUT2D eigenvalue weighted by Gasteiger charge is -1.73. The Balaban J connectivity index is 2.76. The molecule has 0 fully saturated rings.